The SMILES string of the molecule is CCCCCc1cc(O)c(C2CCC=C(C#N)C2)c(OC(C)N)c1. The Morgan fingerprint density at radius 1 is 1.42 bits per heavy atom. The van der Waals surface area contributed by atoms with Crippen molar-refractivity contribution >= 4 is 0 Å². The van der Waals surface area contributed by atoms with Gasteiger partial charge in [0.1, 0.15) is 17.7 Å². The van der Waals surface area contributed by atoms with E-state index in [2.05, 4.69) is 13.0 Å². The average Bonchev–Trinajstić information content (AvgIpc) is 2.54. The van der Waals surface area contributed by atoms with Gasteiger partial charge in [-0.2, -0.15) is 5.26 Å². The third-order valence-electron chi connectivity index (χ3n) is 4.49. The van der Waals surface area contributed by atoms with E-state index in [1.54, 1.807) is 6.92 Å². The van der Waals surface area contributed by atoms with E-state index in [4.69, 9.17) is 10.5 Å². The molecule has 0 spiro atoms. The lowest BCUT2D eigenvalue weighted by Gasteiger charge is -2.25. The summed E-state index contributed by atoms with van der Waals surface area (Å²) < 4.78 is 5.81. The normalized spacial score (nSPS) is 18.6. The van der Waals surface area contributed by atoms with E-state index in [-0.39, 0.29) is 11.7 Å². The molecular formula is C20H28N2O2. The quantitative estimate of drug-likeness (QED) is 0.569. The number of aryl methyl sites for hydroxylation is 1. The largest absolute Gasteiger partial charge is 0.508 e. The molecule has 2 unspecified atom stereocenters. The summed E-state index contributed by atoms with van der Waals surface area (Å²) in [6.07, 6.45) is 8.30. The van der Waals surface area contributed by atoms with Crippen molar-refractivity contribution in [3.8, 4) is 17.6 Å². The van der Waals surface area contributed by atoms with Crippen LogP contribution in [0.3, 0.4) is 0 Å². The van der Waals surface area contributed by atoms with Gasteiger partial charge in [0.25, 0.3) is 0 Å². The fourth-order valence-corrected chi connectivity index (χ4v) is 3.35. The second-order valence-corrected chi connectivity index (χ2v) is 6.63. The highest BCUT2D eigenvalue weighted by atomic mass is 16.5. The lowest BCUT2D eigenvalue weighted by atomic mass is 9.82. The molecule has 3 N–H and O–H groups in total. The lowest BCUT2D eigenvalue weighted by molar-refractivity contribution is 0.224. The molecule has 4 heteroatoms. The topological polar surface area (TPSA) is 79.3 Å². The summed E-state index contributed by atoms with van der Waals surface area (Å²) in [7, 11) is 0. The minimum absolute atomic E-state index is 0.100. The van der Waals surface area contributed by atoms with Gasteiger partial charge in [0, 0.05) is 11.1 Å². The molecule has 0 radical (unpaired) electrons. The van der Waals surface area contributed by atoms with Crippen molar-refractivity contribution in [2.24, 2.45) is 5.73 Å². The van der Waals surface area contributed by atoms with Gasteiger partial charge in [-0.1, -0.05) is 25.8 Å². The Labute approximate surface area is 144 Å². The second kappa shape index (κ2) is 8.75. The van der Waals surface area contributed by atoms with Gasteiger partial charge < -0.3 is 9.84 Å². The molecule has 24 heavy (non-hydrogen) atoms. The van der Waals surface area contributed by atoms with E-state index in [1.807, 2.05) is 18.2 Å². The molecule has 0 saturated heterocycles. The van der Waals surface area contributed by atoms with Crippen LogP contribution in [-0.4, -0.2) is 11.3 Å². The summed E-state index contributed by atoms with van der Waals surface area (Å²) in [6, 6.07) is 6.11. The summed E-state index contributed by atoms with van der Waals surface area (Å²) in [5, 5.41) is 19.8. The predicted octanol–water partition coefficient (Wildman–Crippen LogP) is 4.53. The first kappa shape index (κ1) is 18.4. The van der Waals surface area contributed by atoms with Crippen LogP contribution < -0.4 is 10.5 Å². The number of phenolic OH excluding ortho intramolecular Hbond substituents is 1. The molecule has 0 amide bonds. The molecule has 1 aliphatic rings. The van der Waals surface area contributed by atoms with Crippen LogP contribution in [0.2, 0.25) is 0 Å². The smallest absolute Gasteiger partial charge is 0.144 e. The molecule has 1 aliphatic carbocycles. The fourth-order valence-electron chi connectivity index (χ4n) is 3.35. The summed E-state index contributed by atoms with van der Waals surface area (Å²) >= 11 is 0. The van der Waals surface area contributed by atoms with Crippen molar-refractivity contribution in [1.29, 1.82) is 5.26 Å². The Bertz CT molecular complexity index is 629. The third-order valence-corrected chi connectivity index (χ3v) is 4.49. The van der Waals surface area contributed by atoms with E-state index < -0.39 is 6.23 Å². The number of aromatic hydroxyl groups is 1. The number of rotatable bonds is 7. The molecule has 0 bridgehead atoms. The molecule has 0 heterocycles. The van der Waals surface area contributed by atoms with Crippen LogP contribution in [0.5, 0.6) is 11.5 Å². The molecule has 0 aromatic heterocycles. The average molecular weight is 328 g/mol. The van der Waals surface area contributed by atoms with Crippen LogP contribution in [0.25, 0.3) is 0 Å². The van der Waals surface area contributed by atoms with Crippen molar-refractivity contribution in [1.82, 2.24) is 0 Å². The number of hydrogen-bond acceptors (Lipinski definition) is 4. The number of nitrogens with zero attached hydrogens (tertiary/aromatic N) is 1. The van der Waals surface area contributed by atoms with Gasteiger partial charge >= 0.3 is 0 Å². The highest BCUT2D eigenvalue weighted by Gasteiger charge is 2.25. The van der Waals surface area contributed by atoms with E-state index in [0.29, 0.717) is 12.2 Å². The zero-order chi connectivity index (χ0) is 17.5. The number of benzene rings is 1. The van der Waals surface area contributed by atoms with Crippen LogP contribution in [0.1, 0.15) is 69.4 Å². The minimum atomic E-state index is -0.441. The maximum Gasteiger partial charge on any atom is 0.144 e. The van der Waals surface area contributed by atoms with Crippen LogP contribution in [0, 0.1) is 11.3 Å². The number of allylic oxidation sites excluding steroid dienone is 2. The summed E-state index contributed by atoms with van der Waals surface area (Å²) in [5.41, 5.74) is 8.49. The molecule has 2 atom stereocenters. The van der Waals surface area contributed by atoms with Gasteiger partial charge in [0.2, 0.25) is 0 Å². The van der Waals surface area contributed by atoms with Gasteiger partial charge in [0.15, 0.2) is 0 Å². The molecule has 0 aliphatic heterocycles. The summed E-state index contributed by atoms with van der Waals surface area (Å²) in [5.74, 6) is 1.03. The molecule has 1 aromatic carbocycles. The first-order chi connectivity index (χ1) is 11.5. The first-order valence-electron chi connectivity index (χ1n) is 8.92. The van der Waals surface area contributed by atoms with Gasteiger partial charge in [0.05, 0.1) is 6.07 Å². The number of ether oxygens (including phenoxy) is 1. The molecule has 0 fully saturated rings. The second-order valence-electron chi connectivity index (χ2n) is 6.63. The number of nitriles is 1. The number of hydrogen-bond donors (Lipinski definition) is 2. The van der Waals surface area contributed by atoms with Crippen LogP contribution >= 0.6 is 0 Å². The Morgan fingerprint density at radius 3 is 2.88 bits per heavy atom. The maximum absolute atomic E-state index is 10.6. The Kier molecular flexibility index (Phi) is 6.69. The number of unbranched alkanes of at least 4 members (excludes halogenated alkanes) is 2. The van der Waals surface area contributed by atoms with E-state index >= 15 is 0 Å². The van der Waals surface area contributed by atoms with E-state index in [0.717, 1.165) is 42.4 Å². The molecule has 130 valence electrons. The molecular weight excluding hydrogens is 300 g/mol. The molecule has 1 aromatic rings. The predicted molar refractivity (Wildman–Crippen MR) is 95.9 cm³/mol. The van der Waals surface area contributed by atoms with Crippen LogP contribution in [0.15, 0.2) is 23.8 Å². The zero-order valence-corrected chi connectivity index (χ0v) is 14.7. The van der Waals surface area contributed by atoms with Crippen molar-refractivity contribution < 1.29 is 9.84 Å². The Morgan fingerprint density at radius 2 is 2.21 bits per heavy atom. The lowest BCUT2D eigenvalue weighted by Crippen LogP contribution is -2.23. The Balaban J connectivity index is 2.31. The van der Waals surface area contributed by atoms with Crippen molar-refractivity contribution in [2.75, 3.05) is 0 Å². The molecule has 0 saturated carbocycles. The Hall–Kier alpha value is -1.99. The van der Waals surface area contributed by atoms with Gasteiger partial charge in [-0.25, -0.2) is 0 Å². The number of phenols is 1. The van der Waals surface area contributed by atoms with Gasteiger partial charge in [-0.05, 0) is 62.6 Å². The highest BCUT2D eigenvalue weighted by Crippen LogP contribution is 2.43. The molecule has 2 rings (SSSR count). The van der Waals surface area contributed by atoms with Crippen molar-refractivity contribution in [2.45, 2.75) is 70.9 Å². The monoisotopic (exact) mass is 328 g/mol. The maximum atomic E-state index is 10.6. The van der Waals surface area contributed by atoms with Gasteiger partial charge in [-0.15, -0.1) is 0 Å². The summed E-state index contributed by atoms with van der Waals surface area (Å²) in [4.78, 5) is 0. The van der Waals surface area contributed by atoms with E-state index in [9.17, 15) is 10.4 Å². The minimum Gasteiger partial charge on any atom is -0.508 e. The van der Waals surface area contributed by atoms with Crippen LogP contribution in [0.4, 0.5) is 0 Å². The third kappa shape index (κ3) is 4.75. The zero-order valence-electron chi connectivity index (χ0n) is 14.7. The van der Waals surface area contributed by atoms with Crippen molar-refractivity contribution in [3.05, 3.63) is 34.9 Å². The summed E-state index contributed by atoms with van der Waals surface area (Å²) in [6.45, 7) is 3.96. The standard InChI is InChI=1S/C20H28N2O2/c1-3-4-5-7-15-11-18(23)20(19(12-15)24-14(2)22)17-9-6-8-16(10-17)13-21/h8,11-12,14,17,23H,3-7,9-10,22H2,1-2H3. The highest BCUT2D eigenvalue weighted by molar-refractivity contribution is 5.51. The first-order valence-corrected chi connectivity index (χ1v) is 8.92. The number of nitrogens with two attached hydrogens (primary N) is 1. The van der Waals surface area contributed by atoms with Gasteiger partial charge in [-0.3, -0.25) is 5.73 Å². The van der Waals surface area contributed by atoms with E-state index in [1.165, 1.54) is 12.8 Å². The molecule has 4 nitrogen and oxygen atoms in total. The fraction of sp³-hybridized carbons (Fsp3) is 0.550. The van der Waals surface area contributed by atoms with Crippen LogP contribution in [-0.2, 0) is 6.42 Å². The van der Waals surface area contributed by atoms with Crippen molar-refractivity contribution in [3.63, 3.8) is 0 Å².